The number of methoxy groups -OCH3 is 3. The van der Waals surface area contributed by atoms with Crippen LogP contribution in [0.3, 0.4) is 0 Å². The molecule has 1 aliphatic rings. The summed E-state index contributed by atoms with van der Waals surface area (Å²) in [4.78, 5) is 15.3. The predicted molar refractivity (Wildman–Crippen MR) is 120 cm³/mol. The summed E-state index contributed by atoms with van der Waals surface area (Å²) in [7, 11) is 4.89. The van der Waals surface area contributed by atoms with Crippen molar-refractivity contribution in [3.8, 4) is 17.2 Å². The lowest BCUT2D eigenvalue weighted by molar-refractivity contribution is 0.0683. The van der Waals surface area contributed by atoms with Crippen molar-refractivity contribution in [2.75, 3.05) is 33.2 Å². The molecule has 0 fully saturated rings. The van der Waals surface area contributed by atoms with Crippen molar-refractivity contribution < 1.29 is 19.0 Å². The number of ether oxygens (including phenoxy) is 3. The maximum absolute atomic E-state index is 13.4. The van der Waals surface area contributed by atoms with Gasteiger partial charge in [-0.05, 0) is 48.4 Å². The molecule has 4 rings (SSSR count). The zero-order valence-electron chi connectivity index (χ0n) is 17.9. The Labute approximate surface area is 182 Å². The van der Waals surface area contributed by atoms with Crippen LogP contribution in [0.1, 0.15) is 27.7 Å². The summed E-state index contributed by atoms with van der Waals surface area (Å²) in [5.74, 6) is 2.17. The summed E-state index contributed by atoms with van der Waals surface area (Å²) in [5, 5.41) is 3.52. The van der Waals surface area contributed by atoms with E-state index >= 15 is 0 Å². The SMILES string of the molecule is COc1ccc(CCN2C(=O)c3ccccc3NC2c2ccc(OC)cc2OC)cc1. The molecule has 0 bridgehead atoms. The average molecular weight is 418 g/mol. The molecule has 6 nitrogen and oxygen atoms in total. The van der Waals surface area contributed by atoms with Crippen molar-refractivity contribution in [3.05, 3.63) is 83.4 Å². The number of rotatable bonds is 7. The van der Waals surface area contributed by atoms with E-state index in [-0.39, 0.29) is 12.1 Å². The van der Waals surface area contributed by atoms with Crippen molar-refractivity contribution in [2.45, 2.75) is 12.6 Å². The molecule has 1 N–H and O–H groups in total. The van der Waals surface area contributed by atoms with E-state index in [0.29, 0.717) is 30.0 Å². The van der Waals surface area contributed by atoms with Gasteiger partial charge in [-0.1, -0.05) is 24.3 Å². The van der Waals surface area contributed by atoms with E-state index < -0.39 is 0 Å². The summed E-state index contributed by atoms with van der Waals surface area (Å²) < 4.78 is 16.2. The molecule has 0 spiro atoms. The van der Waals surface area contributed by atoms with Gasteiger partial charge in [0.15, 0.2) is 0 Å². The first-order valence-corrected chi connectivity index (χ1v) is 10.2. The molecule has 0 aliphatic carbocycles. The summed E-state index contributed by atoms with van der Waals surface area (Å²) in [5.41, 5.74) is 3.49. The Morgan fingerprint density at radius 2 is 1.58 bits per heavy atom. The molecule has 3 aromatic carbocycles. The first kappa shape index (κ1) is 20.6. The van der Waals surface area contributed by atoms with Crippen molar-refractivity contribution in [1.82, 2.24) is 4.90 Å². The average Bonchev–Trinajstić information content (AvgIpc) is 2.83. The molecule has 1 heterocycles. The lowest BCUT2D eigenvalue weighted by atomic mass is 10.0. The van der Waals surface area contributed by atoms with Crippen LogP contribution in [0.15, 0.2) is 66.7 Å². The normalized spacial score (nSPS) is 15.1. The topological polar surface area (TPSA) is 60.0 Å². The number of nitrogens with zero attached hydrogens (tertiary/aromatic N) is 1. The Balaban J connectivity index is 1.68. The van der Waals surface area contributed by atoms with Gasteiger partial charge < -0.3 is 24.4 Å². The van der Waals surface area contributed by atoms with Crippen molar-refractivity contribution in [1.29, 1.82) is 0 Å². The van der Waals surface area contributed by atoms with Crippen molar-refractivity contribution in [2.24, 2.45) is 0 Å². The highest BCUT2D eigenvalue weighted by molar-refractivity contribution is 6.01. The van der Waals surface area contributed by atoms with E-state index in [1.165, 1.54) is 0 Å². The molecule has 0 saturated heterocycles. The molecule has 1 unspecified atom stereocenters. The predicted octanol–water partition coefficient (Wildman–Crippen LogP) is 4.52. The fourth-order valence-corrected chi connectivity index (χ4v) is 3.86. The zero-order valence-corrected chi connectivity index (χ0v) is 17.9. The largest absolute Gasteiger partial charge is 0.497 e. The van der Waals surface area contributed by atoms with Crippen LogP contribution in [-0.4, -0.2) is 38.7 Å². The molecule has 0 aromatic heterocycles. The van der Waals surface area contributed by atoms with Gasteiger partial charge in [-0.3, -0.25) is 4.79 Å². The highest BCUT2D eigenvalue weighted by Gasteiger charge is 2.34. The van der Waals surface area contributed by atoms with Crippen LogP contribution in [-0.2, 0) is 6.42 Å². The molecule has 31 heavy (non-hydrogen) atoms. The van der Waals surface area contributed by atoms with Gasteiger partial charge in [0, 0.05) is 23.9 Å². The van der Waals surface area contributed by atoms with Crippen LogP contribution < -0.4 is 19.5 Å². The quantitative estimate of drug-likeness (QED) is 0.611. The summed E-state index contributed by atoms with van der Waals surface area (Å²) in [6.07, 6.45) is 0.357. The number of anilines is 1. The van der Waals surface area contributed by atoms with Gasteiger partial charge in [-0.2, -0.15) is 0 Å². The molecule has 3 aromatic rings. The summed E-state index contributed by atoms with van der Waals surface area (Å²) >= 11 is 0. The molecular formula is C25H26N2O4. The van der Waals surface area contributed by atoms with Gasteiger partial charge in [0.1, 0.15) is 23.4 Å². The molecule has 1 atom stereocenters. The van der Waals surface area contributed by atoms with Crippen LogP contribution in [0.5, 0.6) is 17.2 Å². The summed E-state index contributed by atoms with van der Waals surface area (Å²) in [6.45, 7) is 0.548. The molecule has 1 aliphatic heterocycles. The molecule has 160 valence electrons. The third kappa shape index (κ3) is 4.14. The fourth-order valence-electron chi connectivity index (χ4n) is 3.86. The van der Waals surface area contributed by atoms with Gasteiger partial charge in [0.05, 0.1) is 26.9 Å². The monoisotopic (exact) mass is 418 g/mol. The number of carbonyl (C=O) groups excluding carboxylic acids is 1. The molecule has 0 saturated carbocycles. The van der Waals surface area contributed by atoms with E-state index in [4.69, 9.17) is 14.2 Å². The number of amides is 1. The molecule has 0 radical (unpaired) electrons. The van der Waals surface area contributed by atoms with Crippen LogP contribution in [0, 0.1) is 0 Å². The third-order valence-corrected chi connectivity index (χ3v) is 5.56. The van der Waals surface area contributed by atoms with Gasteiger partial charge in [-0.15, -0.1) is 0 Å². The van der Waals surface area contributed by atoms with Gasteiger partial charge in [-0.25, -0.2) is 0 Å². The van der Waals surface area contributed by atoms with Crippen LogP contribution >= 0.6 is 0 Å². The Bertz CT molecular complexity index is 1070. The van der Waals surface area contributed by atoms with E-state index in [1.54, 1.807) is 21.3 Å². The van der Waals surface area contributed by atoms with Gasteiger partial charge >= 0.3 is 0 Å². The Hall–Kier alpha value is -3.67. The lowest BCUT2D eigenvalue weighted by Crippen LogP contribution is -2.44. The van der Waals surface area contributed by atoms with Crippen molar-refractivity contribution >= 4 is 11.6 Å². The second-order valence-electron chi connectivity index (χ2n) is 7.30. The highest BCUT2D eigenvalue weighted by atomic mass is 16.5. The van der Waals surface area contributed by atoms with E-state index in [0.717, 1.165) is 22.6 Å². The lowest BCUT2D eigenvalue weighted by Gasteiger charge is -2.38. The highest BCUT2D eigenvalue weighted by Crippen LogP contribution is 2.38. The zero-order chi connectivity index (χ0) is 21.8. The van der Waals surface area contributed by atoms with E-state index in [9.17, 15) is 4.79 Å². The molecule has 1 amide bonds. The fraction of sp³-hybridized carbons (Fsp3) is 0.240. The van der Waals surface area contributed by atoms with E-state index in [1.807, 2.05) is 71.6 Å². The Morgan fingerprint density at radius 3 is 2.29 bits per heavy atom. The Kier molecular flexibility index (Phi) is 5.98. The minimum atomic E-state index is -0.360. The first-order chi connectivity index (χ1) is 15.1. The maximum Gasteiger partial charge on any atom is 0.257 e. The number of hydrogen-bond donors (Lipinski definition) is 1. The maximum atomic E-state index is 13.4. The Morgan fingerprint density at radius 1 is 0.871 bits per heavy atom. The van der Waals surface area contributed by atoms with Gasteiger partial charge in [0.2, 0.25) is 0 Å². The van der Waals surface area contributed by atoms with Crippen LogP contribution in [0.2, 0.25) is 0 Å². The number of para-hydroxylation sites is 1. The number of hydrogen-bond acceptors (Lipinski definition) is 5. The van der Waals surface area contributed by atoms with Gasteiger partial charge in [0.25, 0.3) is 5.91 Å². The number of fused-ring (bicyclic) bond motifs is 1. The minimum Gasteiger partial charge on any atom is -0.497 e. The summed E-state index contributed by atoms with van der Waals surface area (Å²) in [6, 6.07) is 21.2. The first-order valence-electron chi connectivity index (χ1n) is 10.2. The second-order valence-corrected chi connectivity index (χ2v) is 7.30. The second kappa shape index (κ2) is 9.00. The van der Waals surface area contributed by atoms with Crippen LogP contribution in [0.25, 0.3) is 0 Å². The standard InChI is InChI=1S/C25H26N2O4/c1-29-18-10-8-17(9-11-18)14-15-27-24(21-13-12-19(30-2)16-23(21)31-3)26-22-7-5-4-6-20(22)25(27)28/h4-13,16,24,26H,14-15H2,1-3H3. The molecule has 6 heteroatoms. The number of carbonyl (C=O) groups is 1. The van der Waals surface area contributed by atoms with E-state index in [2.05, 4.69) is 5.32 Å². The molecular weight excluding hydrogens is 392 g/mol. The smallest absolute Gasteiger partial charge is 0.257 e. The third-order valence-electron chi connectivity index (χ3n) is 5.56. The minimum absolute atomic E-state index is 0.00858. The van der Waals surface area contributed by atoms with Crippen LogP contribution in [0.4, 0.5) is 5.69 Å². The number of benzene rings is 3. The van der Waals surface area contributed by atoms with Crippen molar-refractivity contribution in [3.63, 3.8) is 0 Å². The number of nitrogens with one attached hydrogen (secondary N) is 1.